The Labute approximate surface area is 129 Å². The monoisotopic (exact) mass is 325 g/mol. The molecule has 0 radical (unpaired) electrons. The van der Waals surface area contributed by atoms with Crippen LogP contribution >= 0.6 is 23.1 Å². The quantitative estimate of drug-likeness (QED) is 0.482. The average molecular weight is 325 g/mol. The first-order valence-electron chi connectivity index (χ1n) is 5.93. The molecule has 1 aromatic heterocycles. The van der Waals surface area contributed by atoms with E-state index in [9.17, 15) is 9.18 Å². The minimum absolute atomic E-state index is 0.224. The van der Waals surface area contributed by atoms with E-state index < -0.39 is 5.82 Å². The molecule has 0 aliphatic carbocycles. The molecular formula is C13H12FN3O2S2. The first kappa shape index (κ1) is 15.5. The van der Waals surface area contributed by atoms with Gasteiger partial charge in [0.2, 0.25) is 5.13 Å². The number of halogens is 1. The van der Waals surface area contributed by atoms with Gasteiger partial charge in [-0.2, -0.15) is 0 Å². The van der Waals surface area contributed by atoms with Crippen LogP contribution in [-0.2, 0) is 4.79 Å². The molecule has 1 aromatic carbocycles. The molecule has 8 heteroatoms. The fourth-order valence-electron chi connectivity index (χ4n) is 1.31. The summed E-state index contributed by atoms with van der Waals surface area (Å²) in [5.41, 5.74) is 0. The summed E-state index contributed by atoms with van der Waals surface area (Å²) in [7, 11) is 0. The number of rotatable bonds is 7. The van der Waals surface area contributed by atoms with Crippen molar-refractivity contribution in [1.29, 1.82) is 0 Å². The molecule has 0 bridgehead atoms. The lowest BCUT2D eigenvalue weighted by Crippen LogP contribution is -2.20. The van der Waals surface area contributed by atoms with Crippen LogP contribution < -0.4 is 10.1 Å². The molecule has 0 spiro atoms. The molecular weight excluding hydrogens is 313 g/mol. The normalized spacial score (nSPS) is 10.1. The smallest absolute Gasteiger partial charge is 0.264 e. The van der Waals surface area contributed by atoms with Crippen molar-refractivity contribution in [1.82, 2.24) is 10.2 Å². The van der Waals surface area contributed by atoms with E-state index >= 15 is 0 Å². The van der Waals surface area contributed by atoms with E-state index in [0.29, 0.717) is 10.9 Å². The van der Waals surface area contributed by atoms with Crippen LogP contribution in [0, 0.1) is 5.82 Å². The summed E-state index contributed by atoms with van der Waals surface area (Å²) in [5, 5.41) is 10.7. The van der Waals surface area contributed by atoms with E-state index in [2.05, 4.69) is 22.1 Å². The summed E-state index contributed by atoms with van der Waals surface area (Å²) in [5.74, 6) is 0.229. The van der Waals surface area contributed by atoms with Crippen molar-refractivity contribution >= 4 is 34.1 Å². The molecule has 0 aliphatic heterocycles. The van der Waals surface area contributed by atoms with Gasteiger partial charge < -0.3 is 4.74 Å². The van der Waals surface area contributed by atoms with Crippen LogP contribution in [0.3, 0.4) is 0 Å². The number of anilines is 1. The number of carbonyl (C=O) groups is 1. The van der Waals surface area contributed by atoms with Gasteiger partial charge in [-0.05, 0) is 12.1 Å². The molecule has 21 heavy (non-hydrogen) atoms. The minimum atomic E-state index is -0.416. The summed E-state index contributed by atoms with van der Waals surface area (Å²) in [4.78, 5) is 11.7. The SMILES string of the molecule is C=CCSc1nnc(NC(=O)COc2cccc(F)c2)s1. The van der Waals surface area contributed by atoms with Crippen molar-refractivity contribution in [2.45, 2.75) is 4.34 Å². The topological polar surface area (TPSA) is 64.1 Å². The van der Waals surface area contributed by atoms with Gasteiger partial charge in [-0.25, -0.2) is 4.39 Å². The number of ether oxygens (including phenoxy) is 1. The fourth-order valence-corrected chi connectivity index (χ4v) is 2.84. The van der Waals surface area contributed by atoms with Gasteiger partial charge in [0.05, 0.1) is 0 Å². The fraction of sp³-hybridized carbons (Fsp3) is 0.154. The van der Waals surface area contributed by atoms with Crippen LogP contribution in [0.1, 0.15) is 0 Å². The third-order valence-corrected chi connectivity index (χ3v) is 4.11. The van der Waals surface area contributed by atoms with Crippen molar-refractivity contribution in [3.63, 3.8) is 0 Å². The third-order valence-electron chi connectivity index (χ3n) is 2.14. The summed E-state index contributed by atoms with van der Waals surface area (Å²) < 4.78 is 18.9. The number of amides is 1. The first-order valence-corrected chi connectivity index (χ1v) is 7.73. The van der Waals surface area contributed by atoms with Gasteiger partial charge in [0.1, 0.15) is 11.6 Å². The van der Waals surface area contributed by atoms with E-state index in [-0.39, 0.29) is 12.5 Å². The zero-order valence-corrected chi connectivity index (χ0v) is 12.5. The molecule has 0 unspecified atom stereocenters. The standard InChI is InChI=1S/C13H12FN3O2S2/c1-2-6-20-13-17-16-12(21-13)15-11(18)8-19-10-5-3-4-9(14)7-10/h2-5,7H,1,6,8H2,(H,15,16,18). The molecule has 2 aromatic rings. The zero-order chi connectivity index (χ0) is 15.1. The van der Waals surface area contributed by atoms with Crippen molar-refractivity contribution in [2.75, 3.05) is 17.7 Å². The third kappa shape index (κ3) is 5.16. The molecule has 0 atom stereocenters. The molecule has 0 saturated heterocycles. The maximum Gasteiger partial charge on any atom is 0.264 e. The van der Waals surface area contributed by atoms with Gasteiger partial charge >= 0.3 is 0 Å². The predicted octanol–water partition coefficient (Wildman–Crippen LogP) is 2.97. The Kier molecular flexibility index (Phi) is 5.70. The number of aromatic nitrogens is 2. The van der Waals surface area contributed by atoms with Gasteiger partial charge in [0.15, 0.2) is 10.9 Å². The number of hydrogen-bond donors (Lipinski definition) is 1. The van der Waals surface area contributed by atoms with Crippen LogP contribution in [0.2, 0.25) is 0 Å². The Balaban J connectivity index is 1.81. The van der Waals surface area contributed by atoms with Crippen LogP contribution in [0.5, 0.6) is 5.75 Å². The highest BCUT2D eigenvalue weighted by Gasteiger charge is 2.09. The first-order chi connectivity index (χ1) is 10.2. The van der Waals surface area contributed by atoms with Gasteiger partial charge in [0, 0.05) is 11.8 Å². The van der Waals surface area contributed by atoms with Crippen molar-refractivity contribution in [3.8, 4) is 5.75 Å². The van der Waals surface area contributed by atoms with Crippen molar-refractivity contribution in [3.05, 3.63) is 42.7 Å². The zero-order valence-electron chi connectivity index (χ0n) is 10.9. The largest absolute Gasteiger partial charge is 0.484 e. The highest BCUT2D eigenvalue weighted by atomic mass is 32.2. The molecule has 1 heterocycles. The van der Waals surface area contributed by atoms with Crippen LogP contribution in [0.25, 0.3) is 0 Å². The lowest BCUT2D eigenvalue weighted by molar-refractivity contribution is -0.118. The Morgan fingerprint density at radius 3 is 3.14 bits per heavy atom. The van der Waals surface area contributed by atoms with Crippen molar-refractivity contribution in [2.24, 2.45) is 0 Å². The molecule has 0 fully saturated rings. The average Bonchev–Trinajstić information content (AvgIpc) is 2.90. The maximum atomic E-state index is 12.9. The predicted molar refractivity (Wildman–Crippen MR) is 81.4 cm³/mol. The lowest BCUT2D eigenvalue weighted by Gasteiger charge is -2.05. The molecule has 1 N–H and O–H groups in total. The van der Waals surface area contributed by atoms with Crippen molar-refractivity contribution < 1.29 is 13.9 Å². The summed E-state index contributed by atoms with van der Waals surface area (Å²) in [6, 6.07) is 5.60. The second kappa shape index (κ2) is 7.75. The minimum Gasteiger partial charge on any atom is -0.484 e. The van der Waals surface area contributed by atoms with E-state index in [4.69, 9.17) is 4.74 Å². The number of hydrogen-bond acceptors (Lipinski definition) is 6. The van der Waals surface area contributed by atoms with Gasteiger partial charge in [0.25, 0.3) is 5.91 Å². The molecule has 110 valence electrons. The number of benzene rings is 1. The summed E-state index contributed by atoms with van der Waals surface area (Å²) in [6.07, 6.45) is 1.76. The molecule has 0 aliphatic rings. The highest BCUT2D eigenvalue weighted by molar-refractivity contribution is 8.01. The molecule has 1 amide bonds. The van der Waals surface area contributed by atoms with Gasteiger partial charge in [-0.15, -0.1) is 16.8 Å². The molecule has 0 saturated carbocycles. The van der Waals surface area contributed by atoms with Gasteiger partial charge in [-0.1, -0.05) is 35.2 Å². The van der Waals surface area contributed by atoms with Crippen LogP contribution in [0.4, 0.5) is 9.52 Å². The molecule has 5 nitrogen and oxygen atoms in total. The van der Waals surface area contributed by atoms with Gasteiger partial charge in [-0.3, -0.25) is 10.1 Å². The number of nitrogens with zero attached hydrogens (tertiary/aromatic N) is 2. The van der Waals surface area contributed by atoms with E-state index in [1.807, 2.05) is 0 Å². The van der Waals surface area contributed by atoms with Crippen LogP contribution in [-0.4, -0.2) is 28.5 Å². The Morgan fingerprint density at radius 1 is 1.52 bits per heavy atom. The summed E-state index contributed by atoms with van der Waals surface area (Å²) in [6.45, 7) is 3.39. The Morgan fingerprint density at radius 2 is 2.38 bits per heavy atom. The van der Waals surface area contributed by atoms with E-state index in [1.165, 1.54) is 41.3 Å². The highest BCUT2D eigenvalue weighted by Crippen LogP contribution is 2.25. The molecule has 2 rings (SSSR count). The Bertz CT molecular complexity index is 633. The number of carbonyl (C=O) groups excluding carboxylic acids is 1. The Hall–Kier alpha value is -1.93. The number of nitrogens with one attached hydrogen (secondary N) is 1. The second-order valence-electron chi connectivity index (χ2n) is 3.77. The summed E-state index contributed by atoms with van der Waals surface area (Å²) >= 11 is 2.75. The lowest BCUT2D eigenvalue weighted by atomic mass is 10.3. The van der Waals surface area contributed by atoms with E-state index in [1.54, 1.807) is 12.1 Å². The van der Waals surface area contributed by atoms with E-state index in [0.717, 1.165) is 10.1 Å². The maximum absolute atomic E-state index is 12.9. The van der Waals surface area contributed by atoms with Crippen LogP contribution in [0.15, 0.2) is 41.3 Å². The second-order valence-corrected chi connectivity index (χ2v) is 6.01. The number of thioether (sulfide) groups is 1.